The van der Waals surface area contributed by atoms with Crippen LogP contribution in [0.4, 0.5) is 0 Å². The molecule has 4 aromatic rings. The van der Waals surface area contributed by atoms with Gasteiger partial charge in [0.25, 0.3) is 5.56 Å². The number of aromatic nitrogens is 2. The van der Waals surface area contributed by atoms with E-state index in [0.717, 1.165) is 14.5 Å². The number of rotatable bonds is 3. The highest BCUT2D eigenvalue weighted by Gasteiger charge is 2.09. The third kappa shape index (κ3) is 3.70. The Bertz CT molecular complexity index is 1290. The van der Waals surface area contributed by atoms with Crippen LogP contribution in [0.3, 0.4) is 0 Å². The number of fused-ring (bicyclic) bond motifs is 1. The van der Waals surface area contributed by atoms with Crippen molar-refractivity contribution in [3.05, 3.63) is 84.4 Å². The maximum absolute atomic E-state index is 12.8. The molecule has 28 heavy (non-hydrogen) atoms. The second kappa shape index (κ2) is 7.66. The molecule has 140 valence electrons. The number of aryl methyl sites for hydroxylation is 1. The predicted octanol–water partition coefficient (Wildman–Crippen LogP) is 6.03. The molecular formula is C20H12Br2ClN3O2. The summed E-state index contributed by atoms with van der Waals surface area (Å²) in [5, 5.41) is 5.35. The summed E-state index contributed by atoms with van der Waals surface area (Å²) in [6, 6.07) is 14.5. The van der Waals surface area contributed by atoms with E-state index in [1.165, 1.54) is 10.9 Å². The van der Waals surface area contributed by atoms with Crippen LogP contribution in [0.2, 0.25) is 5.02 Å². The average molecular weight is 522 g/mol. The standard InChI is InChI=1S/C20H12Br2ClN3O2/c1-11-25-18-6-3-13(21)9-15(18)20(27)26(11)24-10-14-4-7-19(28-14)12-2-5-16(22)17(23)8-12/h2-10H,1H3. The third-order valence-electron chi connectivity index (χ3n) is 4.10. The summed E-state index contributed by atoms with van der Waals surface area (Å²) in [6.45, 7) is 1.73. The Hall–Kier alpha value is -2.22. The number of benzene rings is 2. The van der Waals surface area contributed by atoms with Crippen LogP contribution < -0.4 is 5.56 Å². The van der Waals surface area contributed by atoms with Crippen LogP contribution in [-0.2, 0) is 0 Å². The van der Waals surface area contributed by atoms with Crippen LogP contribution in [0.15, 0.2) is 71.8 Å². The lowest BCUT2D eigenvalue weighted by molar-refractivity contribution is 0.573. The molecule has 0 amide bonds. The van der Waals surface area contributed by atoms with Crippen molar-refractivity contribution in [1.82, 2.24) is 9.66 Å². The molecule has 0 radical (unpaired) electrons. The van der Waals surface area contributed by atoms with E-state index < -0.39 is 0 Å². The largest absolute Gasteiger partial charge is 0.455 e. The Balaban J connectivity index is 1.69. The van der Waals surface area contributed by atoms with Crippen molar-refractivity contribution in [3.8, 4) is 11.3 Å². The number of hydrogen-bond donors (Lipinski definition) is 0. The van der Waals surface area contributed by atoms with E-state index in [0.29, 0.717) is 33.3 Å². The summed E-state index contributed by atoms with van der Waals surface area (Å²) in [5.74, 6) is 1.65. The molecule has 2 heterocycles. The fourth-order valence-corrected chi connectivity index (χ4v) is 3.53. The minimum absolute atomic E-state index is 0.244. The molecule has 0 bridgehead atoms. The molecule has 2 aromatic carbocycles. The average Bonchev–Trinajstić information content (AvgIpc) is 3.13. The molecule has 5 nitrogen and oxygen atoms in total. The van der Waals surface area contributed by atoms with Gasteiger partial charge in [-0.2, -0.15) is 9.78 Å². The van der Waals surface area contributed by atoms with Crippen molar-refractivity contribution in [1.29, 1.82) is 0 Å². The van der Waals surface area contributed by atoms with Crippen molar-refractivity contribution in [2.75, 3.05) is 0 Å². The maximum atomic E-state index is 12.8. The molecular weight excluding hydrogens is 510 g/mol. The molecule has 0 unspecified atom stereocenters. The van der Waals surface area contributed by atoms with Gasteiger partial charge in [-0.05, 0) is 65.3 Å². The molecule has 0 fully saturated rings. The zero-order valence-electron chi connectivity index (χ0n) is 14.5. The van der Waals surface area contributed by atoms with Gasteiger partial charge in [0.05, 0.1) is 22.1 Å². The van der Waals surface area contributed by atoms with Gasteiger partial charge in [0.2, 0.25) is 0 Å². The van der Waals surface area contributed by atoms with E-state index in [1.54, 1.807) is 25.1 Å². The smallest absolute Gasteiger partial charge is 0.282 e. The van der Waals surface area contributed by atoms with Gasteiger partial charge in [0, 0.05) is 14.5 Å². The summed E-state index contributed by atoms with van der Waals surface area (Å²) in [4.78, 5) is 17.2. The minimum Gasteiger partial charge on any atom is -0.455 e. The van der Waals surface area contributed by atoms with Gasteiger partial charge in [-0.25, -0.2) is 4.98 Å². The summed E-state index contributed by atoms with van der Waals surface area (Å²) in [7, 11) is 0. The maximum Gasteiger partial charge on any atom is 0.282 e. The zero-order valence-corrected chi connectivity index (χ0v) is 18.4. The van der Waals surface area contributed by atoms with Gasteiger partial charge in [-0.3, -0.25) is 4.79 Å². The summed E-state index contributed by atoms with van der Waals surface area (Å²) >= 11 is 12.9. The fourth-order valence-electron chi connectivity index (χ4n) is 2.74. The van der Waals surface area contributed by atoms with Gasteiger partial charge < -0.3 is 4.42 Å². The molecule has 0 aliphatic heterocycles. The number of hydrogen-bond acceptors (Lipinski definition) is 4. The van der Waals surface area contributed by atoms with Gasteiger partial charge in [-0.1, -0.05) is 33.6 Å². The summed E-state index contributed by atoms with van der Waals surface area (Å²) < 4.78 is 8.69. The highest BCUT2D eigenvalue weighted by molar-refractivity contribution is 9.10. The zero-order chi connectivity index (χ0) is 19.8. The van der Waals surface area contributed by atoms with Gasteiger partial charge in [0.15, 0.2) is 0 Å². The molecule has 0 N–H and O–H groups in total. The quantitative estimate of drug-likeness (QED) is 0.310. The predicted molar refractivity (Wildman–Crippen MR) is 118 cm³/mol. The van der Waals surface area contributed by atoms with E-state index in [-0.39, 0.29) is 5.56 Å². The Labute approximate surface area is 181 Å². The summed E-state index contributed by atoms with van der Waals surface area (Å²) in [6.07, 6.45) is 1.49. The van der Waals surface area contributed by atoms with Crippen LogP contribution in [0.25, 0.3) is 22.2 Å². The van der Waals surface area contributed by atoms with E-state index in [1.807, 2.05) is 30.3 Å². The van der Waals surface area contributed by atoms with Gasteiger partial charge >= 0.3 is 0 Å². The Morgan fingerprint density at radius 2 is 1.96 bits per heavy atom. The van der Waals surface area contributed by atoms with Crippen LogP contribution in [0.5, 0.6) is 0 Å². The van der Waals surface area contributed by atoms with E-state index in [9.17, 15) is 4.79 Å². The molecule has 0 aliphatic rings. The fraction of sp³-hybridized carbons (Fsp3) is 0.0500. The van der Waals surface area contributed by atoms with Crippen LogP contribution >= 0.6 is 43.5 Å². The SMILES string of the molecule is Cc1nc2ccc(Br)cc2c(=O)n1N=Cc1ccc(-c2ccc(Br)c(Cl)c2)o1. The van der Waals surface area contributed by atoms with Gasteiger partial charge in [-0.15, -0.1) is 0 Å². The normalized spacial score (nSPS) is 11.6. The first-order valence-electron chi connectivity index (χ1n) is 8.21. The molecule has 0 aliphatic carbocycles. The van der Waals surface area contributed by atoms with Crippen molar-refractivity contribution >= 4 is 60.6 Å². The lowest BCUT2D eigenvalue weighted by atomic mass is 10.2. The van der Waals surface area contributed by atoms with Crippen molar-refractivity contribution < 1.29 is 4.42 Å². The molecule has 0 spiro atoms. The van der Waals surface area contributed by atoms with Gasteiger partial charge in [0.1, 0.15) is 17.3 Å². The van der Waals surface area contributed by atoms with Crippen molar-refractivity contribution in [3.63, 3.8) is 0 Å². The number of furan rings is 1. The second-order valence-corrected chi connectivity index (χ2v) is 8.19. The highest BCUT2D eigenvalue weighted by Crippen LogP contribution is 2.29. The second-order valence-electron chi connectivity index (χ2n) is 6.01. The van der Waals surface area contributed by atoms with E-state index in [4.69, 9.17) is 16.0 Å². The van der Waals surface area contributed by atoms with Crippen molar-refractivity contribution in [2.24, 2.45) is 5.10 Å². The Morgan fingerprint density at radius 1 is 1.14 bits per heavy atom. The molecule has 4 rings (SSSR count). The molecule has 8 heteroatoms. The Morgan fingerprint density at radius 3 is 2.75 bits per heavy atom. The first-order valence-corrected chi connectivity index (χ1v) is 10.2. The molecule has 0 atom stereocenters. The summed E-state index contributed by atoms with van der Waals surface area (Å²) in [5.41, 5.74) is 1.23. The van der Waals surface area contributed by atoms with Crippen LogP contribution in [-0.4, -0.2) is 15.9 Å². The number of nitrogens with zero attached hydrogens (tertiary/aromatic N) is 3. The van der Waals surface area contributed by atoms with Crippen LogP contribution in [0.1, 0.15) is 11.6 Å². The monoisotopic (exact) mass is 519 g/mol. The number of halogens is 3. The highest BCUT2D eigenvalue weighted by atomic mass is 79.9. The first kappa shape index (κ1) is 19.1. The lowest BCUT2D eigenvalue weighted by Gasteiger charge is -2.05. The van der Waals surface area contributed by atoms with Crippen LogP contribution in [0, 0.1) is 6.92 Å². The lowest BCUT2D eigenvalue weighted by Crippen LogP contribution is -2.20. The molecule has 0 saturated heterocycles. The third-order valence-corrected chi connectivity index (χ3v) is 5.83. The van der Waals surface area contributed by atoms with E-state index in [2.05, 4.69) is 41.9 Å². The minimum atomic E-state index is -0.244. The van der Waals surface area contributed by atoms with E-state index >= 15 is 0 Å². The molecule has 2 aromatic heterocycles. The Kier molecular flexibility index (Phi) is 5.23. The van der Waals surface area contributed by atoms with Crippen molar-refractivity contribution in [2.45, 2.75) is 6.92 Å². The first-order chi connectivity index (χ1) is 13.4. The topological polar surface area (TPSA) is 60.4 Å². The molecule has 0 saturated carbocycles.